The number of benzene rings is 1. The molecule has 3 aliphatic heterocycles. The van der Waals surface area contributed by atoms with Crippen LogP contribution in [0.25, 0.3) is 0 Å². The average Bonchev–Trinajstić information content (AvgIpc) is 3.07. The van der Waals surface area contributed by atoms with Gasteiger partial charge in [0.1, 0.15) is 24.1 Å². The van der Waals surface area contributed by atoms with Crippen molar-refractivity contribution in [3.8, 4) is 5.75 Å². The predicted molar refractivity (Wildman–Crippen MR) is 108 cm³/mol. The molecule has 1 aromatic carbocycles. The number of carboxylic acids is 1. The predicted octanol–water partition coefficient (Wildman–Crippen LogP) is -0.230. The summed E-state index contributed by atoms with van der Waals surface area (Å²) in [5.41, 5.74) is 0.943. The van der Waals surface area contributed by atoms with Crippen LogP contribution in [0.3, 0.4) is 0 Å². The van der Waals surface area contributed by atoms with Gasteiger partial charge in [0.25, 0.3) is 5.91 Å². The number of aliphatic carboxylic acids is 1. The summed E-state index contributed by atoms with van der Waals surface area (Å²) < 4.78 is 5.19. The summed E-state index contributed by atoms with van der Waals surface area (Å²) in [5, 5.41) is 21.5. The van der Waals surface area contributed by atoms with Crippen molar-refractivity contribution in [2.45, 2.75) is 32.0 Å². The molecule has 0 aromatic heterocycles. The molecule has 0 saturated carbocycles. The molecule has 0 unspecified atom stereocenters. The first-order valence-corrected chi connectivity index (χ1v) is 9.52. The number of likely N-dealkylation sites (tertiary alicyclic amines) is 1. The first kappa shape index (κ1) is 23.1. The van der Waals surface area contributed by atoms with Crippen LogP contribution in [0.4, 0.5) is 4.79 Å². The third-order valence-corrected chi connectivity index (χ3v) is 5.80. The molecule has 1 aromatic rings. The second-order valence-corrected chi connectivity index (χ2v) is 7.63. The topological polar surface area (TPSA) is 136 Å². The van der Waals surface area contributed by atoms with E-state index in [1.807, 2.05) is 0 Å². The van der Waals surface area contributed by atoms with Crippen LogP contribution in [0.15, 0.2) is 35.5 Å². The molecule has 160 valence electrons. The van der Waals surface area contributed by atoms with Gasteiger partial charge in [0, 0.05) is 25.9 Å². The number of β-lactam (4-membered cyclic amide) rings is 1. The molecule has 10 nitrogen and oxygen atoms in total. The number of carbonyl (C=O) groups is 4. The second-order valence-electron chi connectivity index (χ2n) is 7.63. The number of phenols is 1. The first-order valence-electron chi connectivity index (χ1n) is 9.52. The van der Waals surface area contributed by atoms with Crippen molar-refractivity contribution in [3.63, 3.8) is 0 Å². The number of phenolic OH excluding ortho intramolecular Hbond substituents is 1. The Hall–Kier alpha value is -2.56. The number of ether oxygens (including phenoxy) is 1. The quantitative estimate of drug-likeness (QED) is 0.426. The fraction of sp³-hybridized carbons (Fsp3) is 0.400. The Balaban J connectivity index is 0.00000272. The monoisotopic (exact) mass is 439 g/mol. The normalized spacial score (nSPS) is 23.5. The minimum atomic E-state index is -1.26. The summed E-state index contributed by atoms with van der Waals surface area (Å²) in [6, 6.07) is 5.35. The van der Waals surface area contributed by atoms with Crippen molar-refractivity contribution in [2.75, 3.05) is 13.2 Å². The summed E-state index contributed by atoms with van der Waals surface area (Å²) in [7, 11) is 0. The number of alkyl carbamates (subject to hydrolysis) is 1. The van der Waals surface area contributed by atoms with E-state index < -0.39 is 24.0 Å². The fourth-order valence-electron chi connectivity index (χ4n) is 4.48. The SMILES string of the molecule is CC(=O)N1C[C@H]2CC(COC(=O)NCc3ccc(O)cc3)=C(C(=O)O)N3C(=O)[C@@H]1[C@@H]23.[NaH]. The fourth-order valence-corrected chi connectivity index (χ4v) is 4.48. The van der Waals surface area contributed by atoms with Crippen molar-refractivity contribution in [2.24, 2.45) is 5.92 Å². The first-order chi connectivity index (χ1) is 14.3. The number of hydrogen-bond acceptors (Lipinski definition) is 6. The molecule has 31 heavy (non-hydrogen) atoms. The van der Waals surface area contributed by atoms with Crippen molar-refractivity contribution < 1.29 is 34.1 Å². The summed E-state index contributed by atoms with van der Waals surface area (Å²) >= 11 is 0. The average molecular weight is 439 g/mol. The Labute approximate surface area is 200 Å². The zero-order valence-corrected chi connectivity index (χ0v) is 16.2. The van der Waals surface area contributed by atoms with Crippen LogP contribution in [0, 0.1) is 5.92 Å². The maximum atomic E-state index is 12.5. The van der Waals surface area contributed by atoms with Crippen LogP contribution in [0.1, 0.15) is 18.9 Å². The Kier molecular flexibility index (Phi) is 6.63. The Morgan fingerprint density at radius 3 is 2.52 bits per heavy atom. The Morgan fingerprint density at radius 2 is 1.90 bits per heavy atom. The third-order valence-electron chi connectivity index (χ3n) is 5.80. The molecule has 3 heterocycles. The van der Waals surface area contributed by atoms with Gasteiger partial charge in [-0.1, -0.05) is 12.1 Å². The molecule has 0 radical (unpaired) electrons. The van der Waals surface area contributed by atoms with Gasteiger partial charge in [-0.25, -0.2) is 9.59 Å². The van der Waals surface area contributed by atoms with Crippen molar-refractivity contribution in [3.05, 3.63) is 41.1 Å². The van der Waals surface area contributed by atoms with Gasteiger partial charge in [-0.3, -0.25) is 14.5 Å². The molecule has 0 spiro atoms. The van der Waals surface area contributed by atoms with Crippen molar-refractivity contribution in [1.29, 1.82) is 0 Å². The summed E-state index contributed by atoms with van der Waals surface area (Å²) in [6.45, 7) is 1.67. The van der Waals surface area contributed by atoms with Crippen molar-refractivity contribution >= 4 is 53.4 Å². The minimum absolute atomic E-state index is 0. The van der Waals surface area contributed by atoms with Crippen molar-refractivity contribution in [1.82, 2.24) is 15.1 Å². The third kappa shape index (κ3) is 4.15. The van der Waals surface area contributed by atoms with Gasteiger partial charge < -0.3 is 25.2 Å². The number of hydrogen-bond donors (Lipinski definition) is 3. The van der Waals surface area contributed by atoms with E-state index in [9.17, 15) is 29.4 Å². The summed E-state index contributed by atoms with van der Waals surface area (Å²) in [5.74, 6) is -1.86. The molecular formula is C20H22N3NaO7. The molecule has 3 N–H and O–H groups in total. The van der Waals surface area contributed by atoms with Crippen LogP contribution in [-0.2, 0) is 25.7 Å². The maximum absolute atomic E-state index is 12.5. The number of carboxylic acid groups (broad SMARTS) is 1. The molecule has 4 rings (SSSR count). The van der Waals surface area contributed by atoms with Gasteiger partial charge in [-0.15, -0.1) is 0 Å². The van der Waals surface area contributed by atoms with E-state index in [2.05, 4.69) is 5.32 Å². The number of nitrogens with zero attached hydrogens (tertiary/aromatic N) is 2. The number of carbonyl (C=O) groups excluding carboxylic acids is 3. The number of nitrogens with one attached hydrogen (secondary N) is 1. The number of rotatable bonds is 5. The van der Waals surface area contributed by atoms with Crippen LogP contribution in [0.2, 0.25) is 0 Å². The van der Waals surface area contributed by atoms with E-state index in [4.69, 9.17) is 4.74 Å². The van der Waals surface area contributed by atoms with Gasteiger partial charge >= 0.3 is 41.6 Å². The standard InChI is InChI=1S/C20H21N3O7.Na.H/c1-10(24)22-8-12-6-13(16(19(27)28)23-15(12)17(22)18(23)26)9-30-20(29)21-7-11-2-4-14(25)5-3-11;;/h2-5,12,15,17,25H,6-9H2,1H3,(H,21,29)(H,27,28);;/t12-,15-,17+;;/m1../s1. The van der Waals surface area contributed by atoms with E-state index in [0.29, 0.717) is 18.5 Å². The van der Waals surface area contributed by atoms with Gasteiger partial charge in [-0.2, -0.15) is 0 Å². The summed E-state index contributed by atoms with van der Waals surface area (Å²) in [6.07, 6.45) is -0.395. The molecule has 3 aliphatic rings. The van der Waals surface area contributed by atoms with Gasteiger partial charge in [0.2, 0.25) is 5.91 Å². The second kappa shape index (κ2) is 8.89. The van der Waals surface area contributed by atoms with Crippen LogP contribution >= 0.6 is 0 Å². The van der Waals surface area contributed by atoms with Crippen LogP contribution < -0.4 is 5.32 Å². The molecule has 11 heteroatoms. The van der Waals surface area contributed by atoms with Gasteiger partial charge in [0.05, 0.1) is 6.04 Å². The molecular weight excluding hydrogens is 417 g/mol. The number of amides is 3. The van der Waals surface area contributed by atoms with E-state index >= 15 is 0 Å². The zero-order chi connectivity index (χ0) is 21.6. The zero-order valence-electron chi connectivity index (χ0n) is 16.2. The Morgan fingerprint density at radius 1 is 1.23 bits per heavy atom. The molecule has 2 fully saturated rings. The molecule has 0 aliphatic carbocycles. The molecule has 2 saturated heterocycles. The van der Waals surface area contributed by atoms with Gasteiger partial charge in [-0.05, 0) is 29.7 Å². The van der Waals surface area contributed by atoms with Crippen LogP contribution in [-0.4, -0.2) is 98.7 Å². The van der Waals surface area contributed by atoms with E-state index in [-0.39, 0.29) is 72.0 Å². The molecule has 0 bridgehead atoms. The summed E-state index contributed by atoms with van der Waals surface area (Å²) in [4.78, 5) is 51.0. The number of aromatic hydroxyl groups is 1. The van der Waals surface area contributed by atoms with Crippen LogP contribution in [0.5, 0.6) is 5.75 Å². The van der Waals surface area contributed by atoms with E-state index in [1.54, 1.807) is 12.1 Å². The van der Waals surface area contributed by atoms with E-state index in [1.165, 1.54) is 28.9 Å². The van der Waals surface area contributed by atoms with E-state index in [0.717, 1.165) is 5.56 Å². The molecule has 3 atom stereocenters. The molecule has 3 amide bonds. The van der Waals surface area contributed by atoms with Gasteiger partial charge in [0.15, 0.2) is 0 Å². The Bertz CT molecular complexity index is 962.